The van der Waals surface area contributed by atoms with E-state index in [9.17, 15) is 13.6 Å². The summed E-state index contributed by atoms with van der Waals surface area (Å²) in [6, 6.07) is 2.45. The number of nitrogens with two attached hydrogens (primary N) is 1. The Morgan fingerprint density at radius 3 is 2.67 bits per heavy atom. The average Bonchev–Trinajstić information content (AvgIpc) is 2.16. The molecule has 0 bridgehead atoms. The van der Waals surface area contributed by atoms with Crippen LogP contribution >= 0.6 is 11.6 Å². The molecule has 0 saturated carbocycles. The fourth-order valence-corrected chi connectivity index (χ4v) is 1.11. The number of nitrogens with zero attached hydrogens (tertiary/aromatic N) is 2. The second-order valence-corrected chi connectivity index (χ2v) is 2.89. The highest BCUT2D eigenvalue weighted by Gasteiger charge is 2.21. The van der Waals surface area contributed by atoms with Crippen molar-refractivity contribution in [1.29, 1.82) is 5.26 Å². The van der Waals surface area contributed by atoms with Crippen molar-refractivity contribution in [2.24, 2.45) is 0 Å². The monoisotopic (exact) mass is 231 g/mol. The van der Waals surface area contributed by atoms with Gasteiger partial charge in [0.1, 0.15) is 11.8 Å². The van der Waals surface area contributed by atoms with Gasteiger partial charge in [-0.15, -0.1) is 0 Å². The molecule has 0 fully saturated rings. The Morgan fingerprint density at radius 1 is 1.67 bits per heavy atom. The van der Waals surface area contributed by atoms with Gasteiger partial charge in [0.2, 0.25) is 0 Å². The van der Waals surface area contributed by atoms with E-state index in [-0.39, 0.29) is 11.4 Å². The van der Waals surface area contributed by atoms with Crippen LogP contribution in [0.2, 0.25) is 0 Å². The summed E-state index contributed by atoms with van der Waals surface area (Å²) < 4.78 is 24.8. The second-order valence-electron chi connectivity index (χ2n) is 2.55. The maximum atomic E-state index is 12.4. The highest BCUT2D eigenvalue weighted by molar-refractivity contribution is 6.67. The summed E-state index contributed by atoms with van der Waals surface area (Å²) in [5, 5.41) is 7.41. The molecule has 0 aliphatic rings. The first-order valence-electron chi connectivity index (χ1n) is 3.66. The van der Waals surface area contributed by atoms with Crippen molar-refractivity contribution in [2.45, 2.75) is 6.43 Å². The number of rotatable bonds is 2. The van der Waals surface area contributed by atoms with Crippen LogP contribution in [0, 0.1) is 11.3 Å². The van der Waals surface area contributed by atoms with Crippen molar-refractivity contribution in [1.82, 2.24) is 4.98 Å². The van der Waals surface area contributed by atoms with Gasteiger partial charge >= 0.3 is 0 Å². The smallest absolute Gasteiger partial charge is 0.281 e. The van der Waals surface area contributed by atoms with Gasteiger partial charge in [0, 0.05) is 0 Å². The van der Waals surface area contributed by atoms with E-state index >= 15 is 0 Å². The van der Waals surface area contributed by atoms with Gasteiger partial charge in [0.25, 0.3) is 11.7 Å². The van der Waals surface area contributed by atoms with Crippen molar-refractivity contribution in [2.75, 3.05) is 5.73 Å². The van der Waals surface area contributed by atoms with Gasteiger partial charge in [-0.25, -0.2) is 13.8 Å². The van der Waals surface area contributed by atoms with Crippen LogP contribution in [0.4, 0.5) is 14.5 Å². The molecule has 2 N–H and O–H groups in total. The fourth-order valence-electron chi connectivity index (χ4n) is 0.956. The first-order chi connectivity index (χ1) is 6.97. The number of carbonyl (C=O) groups excluding carboxylic acids is 1. The molecule has 15 heavy (non-hydrogen) atoms. The lowest BCUT2D eigenvalue weighted by Crippen LogP contribution is -2.06. The van der Waals surface area contributed by atoms with Gasteiger partial charge in [-0.3, -0.25) is 4.79 Å². The van der Waals surface area contributed by atoms with Crippen LogP contribution in [-0.2, 0) is 0 Å². The van der Waals surface area contributed by atoms with E-state index in [1.54, 1.807) is 0 Å². The highest BCUT2D eigenvalue weighted by Crippen LogP contribution is 2.25. The zero-order valence-electron chi connectivity index (χ0n) is 7.17. The summed E-state index contributed by atoms with van der Waals surface area (Å²) in [6.07, 6.45) is -2.99. The van der Waals surface area contributed by atoms with Gasteiger partial charge in [-0.05, 0) is 17.7 Å². The number of aromatic nitrogens is 1. The van der Waals surface area contributed by atoms with E-state index < -0.39 is 22.9 Å². The van der Waals surface area contributed by atoms with Crippen LogP contribution in [0.3, 0.4) is 0 Å². The third-order valence-electron chi connectivity index (χ3n) is 1.61. The number of nitrogen functional groups attached to an aromatic ring is 1. The SMILES string of the molecule is N#Cc1nc(C(F)F)c(C(=O)Cl)cc1N. The number of nitriles is 1. The van der Waals surface area contributed by atoms with Gasteiger partial charge < -0.3 is 5.73 Å². The first kappa shape index (κ1) is 11.3. The van der Waals surface area contributed by atoms with Crippen LogP contribution in [0.25, 0.3) is 0 Å². The largest absolute Gasteiger partial charge is 0.396 e. The van der Waals surface area contributed by atoms with Gasteiger partial charge in [0.05, 0.1) is 11.3 Å². The number of pyridine rings is 1. The molecule has 1 aromatic rings. The molecule has 0 aliphatic carbocycles. The topological polar surface area (TPSA) is 79.8 Å². The second kappa shape index (κ2) is 4.19. The molecule has 0 amide bonds. The zero-order chi connectivity index (χ0) is 11.6. The Balaban J connectivity index is 3.47. The van der Waals surface area contributed by atoms with Crippen molar-refractivity contribution >= 4 is 22.5 Å². The molecule has 4 nitrogen and oxygen atoms in total. The maximum Gasteiger partial charge on any atom is 0.281 e. The van der Waals surface area contributed by atoms with Crippen LogP contribution in [0.1, 0.15) is 28.2 Å². The third kappa shape index (κ3) is 2.19. The molecular formula is C8H4ClF2N3O. The summed E-state index contributed by atoms with van der Waals surface area (Å²) >= 11 is 5.07. The van der Waals surface area contributed by atoms with Crippen LogP contribution in [0.15, 0.2) is 6.07 Å². The van der Waals surface area contributed by atoms with E-state index in [2.05, 4.69) is 4.98 Å². The van der Waals surface area contributed by atoms with Crippen LogP contribution < -0.4 is 5.73 Å². The van der Waals surface area contributed by atoms with Crippen LogP contribution in [-0.4, -0.2) is 10.2 Å². The Hall–Kier alpha value is -1.74. The predicted molar refractivity (Wildman–Crippen MR) is 48.5 cm³/mol. The molecule has 1 aromatic heterocycles. The molecule has 0 radical (unpaired) electrons. The summed E-state index contributed by atoms with van der Waals surface area (Å²) in [7, 11) is 0. The predicted octanol–water partition coefficient (Wildman–Crippen LogP) is 1.85. The van der Waals surface area contributed by atoms with E-state index in [0.29, 0.717) is 0 Å². The lowest BCUT2D eigenvalue weighted by Gasteiger charge is -2.06. The van der Waals surface area contributed by atoms with E-state index in [1.165, 1.54) is 6.07 Å². The summed E-state index contributed by atoms with van der Waals surface area (Å²) in [4.78, 5) is 14.0. The number of hydrogen-bond donors (Lipinski definition) is 1. The van der Waals surface area contributed by atoms with E-state index in [1.807, 2.05) is 0 Å². The standard InChI is InChI=1S/C8H4ClF2N3O/c9-7(15)3-1-4(13)5(2-12)14-6(3)8(10)11/h1,8H,13H2. The summed E-state index contributed by atoms with van der Waals surface area (Å²) in [5.41, 5.74) is 3.47. The van der Waals surface area contributed by atoms with Crippen molar-refractivity contribution in [3.63, 3.8) is 0 Å². The number of halogens is 3. The Kier molecular flexibility index (Phi) is 3.17. The molecule has 0 aromatic carbocycles. The quantitative estimate of drug-likeness (QED) is 0.788. The molecule has 1 heterocycles. The van der Waals surface area contributed by atoms with Gasteiger partial charge in [-0.2, -0.15) is 5.26 Å². The molecule has 0 unspecified atom stereocenters. The summed E-state index contributed by atoms with van der Waals surface area (Å²) in [6.45, 7) is 0. The minimum Gasteiger partial charge on any atom is -0.396 e. The Labute approximate surface area is 88.3 Å². The highest BCUT2D eigenvalue weighted by atomic mass is 35.5. The maximum absolute atomic E-state index is 12.4. The number of anilines is 1. The normalized spacial score (nSPS) is 10.1. The third-order valence-corrected chi connectivity index (χ3v) is 1.81. The minimum absolute atomic E-state index is 0.161. The molecule has 0 saturated heterocycles. The van der Waals surface area contributed by atoms with E-state index in [4.69, 9.17) is 22.6 Å². The van der Waals surface area contributed by atoms with Crippen molar-refractivity contribution in [3.8, 4) is 6.07 Å². The Morgan fingerprint density at radius 2 is 2.27 bits per heavy atom. The molecule has 7 heteroatoms. The summed E-state index contributed by atoms with van der Waals surface area (Å²) in [5.74, 6) is 0. The zero-order valence-corrected chi connectivity index (χ0v) is 7.92. The molecule has 0 aliphatic heterocycles. The van der Waals surface area contributed by atoms with Crippen molar-refractivity contribution < 1.29 is 13.6 Å². The molecule has 1 rings (SSSR count). The number of hydrogen-bond acceptors (Lipinski definition) is 4. The molecule has 0 spiro atoms. The lowest BCUT2D eigenvalue weighted by molar-refractivity contribution is 0.106. The molecular weight excluding hydrogens is 228 g/mol. The van der Waals surface area contributed by atoms with E-state index in [0.717, 1.165) is 6.07 Å². The Bertz CT molecular complexity index is 456. The molecule has 78 valence electrons. The molecule has 0 atom stereocenters. The van der Waals surface area contributed by atoms with Gasteiger partial charge in [0.15, 0.2) is 5.69 Å². The number of carbonyl (C=O) groups is 1. The minimum atomic E-state index is -2.99. The number of alkyl halides is 2. The van der Waals surface area contributed by atoms with Gasteiger partial charge in [-0.1, -0.05) is 0 Å². The fraction of sp³-hybridized carbons (Fsp3) is 0.125. The van der Waals surface area contributed by atoms with Crippen molar-refractivity contribution in [3.05, 3.63) is 23.0 Å². The van der Waals surface area contributed by atoms with Crippen LogP contribution in [0.5, 0.6) is 0 Å². The average molecular weight is 232 g/mol. The lowest BCUT2D eigenvalue weighted by atomic mass is 10.1. The first-order valence-corrected chi connectivity index (χ1v) is 4.03.